The van der Waals surface area contributed by atoms with Gasteiger partial charge in [-0.15, -0.1) is 0 Å². The lowest BCUT2D eigenvalue weighted by molar-refractivity contribution is 0.0645. The molecule has 0 amide bonds. The van der Waals surface area contributed by atoms with Gasteiger partial charge in [0, 0.05) is 44.4 Å². The van der Waals surface area contributed by atoms with E-state index in [4.69, 9.17) is 4.74 Å². The Balaban J connectivity index is 1.20. The molecule has 5 rings (SSSR count). The molecule has 2 aromatic rings. The SMILES string of the molecule is O=c1cc2c(nn1CC1CN(Cc3cnc4n3CCOC4)C1)CCCC2. The van der Waals surface area contributed by atoms with Crippen LogP contribution in [0.5, 0.6) is 0 Å². The van der Waals surface area contributed by atoms with Crippen molar-refractivity contribution < 1.29 is 4.74 Å². The number of imidazole rings is 1. The normalized spacial score (nSPS) is 20.5. The van der Waals surface area contributed by atoms with E-state index in [1.54, 1.807) is 4.68 Å². The molecule has 0 radical (unpaired) electrons. The van der Waals surface area contributed by atoms with Crippen LogP contribution in [0.25, 0.3) is 0 Å². The summed E-state index contributed by atoms with van der Waals surface area (Å²) >= 11 is 0. The van der Waals surface area contributed by atoms with Crippen LogP contribution in [-0.4, -0.2) is 43.9 Å². The van der Waals surface area contributed by atoms with Crippen molar-refractivity contribution in [3.63, 3.8) is 0 Å². The third kappa shape index (κ3) is 2.99. The van der Waals surface area contributed by atoms with Gasteiger partial charge in [-0.05, 0) is 31.2 Å². The fraction of sp³-hybridized carbons (Fsp3) is 0.632. The topological polar surface area (TPSA) is 65.2 Å². The average molecular weight is 355 g/mol. The van der Waals surface area contributed by atoms with Crippen molar-refractivity contribution in [2.75, 3.05) is 19.7 Å². The smallest absolute Gasteiger partial charge is 0.267 e. The standard InChI is InChI=1S/C19H25N5O2/c25-19-7-15-3-1-2-4-17(15)21-24(19)11-14-9-22(10-14)12-16-8-20-18-13-26-6-5-23(16)18/h7-8,14H,1-6,9-13H2. The lowest BCUT2D eigenvalue weighted by Crippen LogP contribution is -2.49. The first-order chi connectivity index (χ1) is 12.8. The number of hydrogen-bond donors (Lipinski definition) is 0. The Bertz CT molecular complexity index is 865. The van der Waals surface area contributed by atoms with Gasteiger partial charge < -0.3 is 9.30 Å². The monoisotopic (exact) mass is 355 g/mol. The van der Waals surface area contributed by atoms with Crippen LogP contribution in [0, 0.1) is 5.92 Å². The van der Waals surface area contributed by atoms with Gasteiger partial charge in [-0.3, -0.25) is 9.69 Å². The van der Waals surface area contributed by atoms with Gasteiger partial charge in [-0.25, -0.2) is 9.67 Å². The van der Waals surface area contributed by atoms with Crippen molar-refractivity contribution in [1.29, 1.82) is 0 Å². The Labute approximate surface area is 152 Å². The highest BCUT2D eigenvalue weighted by Crippen LogP contribution is 2.22. The first kappa shape index (κ1) is 16.2. The number of hydrogen-bond acceptors (Lipinski definition) is 5. The van der Waals surface area contributed by atoms with E-state index in [0.29, 0.717) is 12.5 Å². The number of nitrogens with zero attached hydrogens (tertiary/aromatic N) is 5. The summed E-state index contributed by atoms with van der Waals surface area (Å²) < 4.78 is 9.44. The molecular weight excluding hydrogens is 330 g/mol. The molecule has 138 valence electrons. The fourth-order valence-corrected chi connectivity index (χ4v) is 4.41. The molecule has 1 fully saturated rings. The Morgan fingerprint density at radius 2 is 2.12 bits per heavy atom. The van der Waals surface area contributed by atoms with Gasteiger partial charge in [0.25, 0.3) is 5.56 Å². The molecule has 0 bridgehead atoms. The van der Waals surface area contributed by atoms with Crippen molar-refractivity contribution >= 4 is 0 Å². The number of likely N-dealkylation sites (tertiary alicyclic amines) is 1. The van der Waals surface area contributed by atoms with Crippen LogP contribution in [-0.2, 0) is 43.8 Å². The van der Waals surface area contributed by atoms with Gasteiger partial charge >= 0.3 is 0 Å². The molecular formula is C19H25N5O2. The molecule has 1 saturated heterocycles. The minimum atomic E-state index is 0.0639. The number of ether oxygens (including phenoxy) is 1. The minimum absolute atomic E-state index is 0.0639. The first-order valence-corrected chi connectivity index (χ1v) is 9.69. The molecule has 4 heterocycles. The van der Waals surface area contributed by atoms with Gasteiger partial charge in [-0.2, -0.15) is 5.10 Å². The molecule has 1 aliphatic carbocycles. The zero-order valence-electron chi connectivity index (χ0n) is 15.1. The zero-order chi connectivity index (χ0) is 17.5. The molecule has 0 spiro atoms. The van der Waals surface area contributed by atoms with E-state index in [1.807, 2.05) is 12.3 Å². The number of rotatable bonds is 4. The molecule has 2 aliphatic heterocycles. The third-order valence-electron chi connectivity index (χ3n) is 5.83. The van der Waals surface area contributed by atoms with Gasteiger partial charge in [0.05, 0.1) is 24.5 Å². The van der Waals surface area contributed by atoms with E-state index in [2.05, 4.69) is 19.5 Å². The summed E-state index contributed by atoms with van der Waals surface area (Å²) in [5.41, 5.74) is 3.64. The van der Waals surface area contributed by atoms with Crippen LogP contribution >= 0.6 is 0 Å². The molecule has 2 aromatic heterocycles. The Kier molecular flexibility index (Phi) is 4.13. The molecule has 0 unspecified atom stereocenters. The highest BCUT2D eigenvalue weighted by Gasteiger charge is 2.29. The largest absolute Gasteiger partial charge is 0.372 e. The fourth-order valence-electron chi connectivity index (χ4n) is 4.41. The zero-order valence-corrected chi connectivity index (χ0v) is 15.1. The second-order valence-electron chi connectivity index (χ2n) is 7.77. The van der Waals surface area contributed by atoms with Crippen LogP contribution in [0.4, 0.5) is 0 Å². The molecule has 3 aliphatic rings. The van der Waals surface area contributed by atoms with E-state index in [0.717, 1.165) is 63.7 Å². The Morgan fingerprint density at radius 3 is 3.04 bits per heavy atom. The van der Waals surface area contributed by atoms with Gasteiger partial charge in [0.15, 0.2) is 0 Å². The molecule has 0 N–H and O–H groups in total. The maximum absolute atomic E-state index is 12.3. The third-order valence-corrected chi connectivity index (χ3v) is 5.83. The average Bonchev–Trinajstić information content (AvgIpc) is 3.03. The summed E-state index contributed by atoms with van der Waals surface area (Å²) in [7, 11) is 0. The Morgan fingerprint density at radius 1 is 1.23 bits per heavy atom. The van der Waals surface area contributed by atoms with Gasteiger partial charge in [-0.1, -0.05) is 0 Å². The van der Waals surface area contributed by atoms with Crippen LogP contribution in [0.1, 0.15) is 35.6 Å². The summed E-state index contributed by atoms with van der Waals surface area (Å²) in [5.74, 6) is 1.54. The molecule has 0 atom stereocenters. The molecule has 7 heteroatoms. The first-order valence-electron chi connectivity index (χ1n) is 9.69. The maximum atomic E-state index is 12.3. The quantitative estimate of drug-likeness (QED) is 0.818. The summed E-state index contributed by atoms with van der Waals surface area (Å²) in [4.78, 5) is 19.2. The summed E-state index contributed by atoms with van der Waals surface area (Å²) in [5, 5.41) is 4.65. The number of aromatic nitrogens is 4. The highest BCUT2D eigenvalue weighted by molar-refractivity contribution is 5.20. The van der Waals surface area contributed by atoms with Crippen molar-refractivity contribution in [3.8, 4) is 0 Å². The van der Waals surface area contributed by atoms with Crippen molar-refractivity contribution in [3.05, 3.63) is 45.4 Å². The summed E-state index contributed by atoms with van der Waals surface area (Å²) in [6.07, 6.45) is 6.38. The van der Waals surface area contributed by atoms with E-state index in [-0.39, 0.29) is 5.56 Å². The highest BCUT2D eigenvalue weighted by atomic mass is 16.5. The number of aryl methyl sites for hydroxylation is 2. The van der Waals surface area contributed by atoms with E-state index in [1.165, 1.54) is 24.1 Å². The van der Waals surface area contributed by atoms with Crippen molar-refractivity contribution in [2.24, 2.45) is 5.92 Å². The second kappa shape index (κ2) is 6.63. The minimum Gasteiger partial charge on any atom is -0.372 e. The molecule has 0 aromatic carbocycles. The lowest BCUT2D eigenvalue weighted by Gasteiger charge is -2.39. The van der Waals surface area contributed by atoms with E-state index < -0.39 is 0 Å². The second-order valence-corrected chi connectivity index (χ2v) is 7.77. The van der Waals surface area contributed by atoms with Crippen molar-refractivity contribution in [2.45, 2.75) is 51.9 Å². The predicted molar refractivity (Wildman–Crippen MR) is 95.8 cm³/mol. The van der Waals surface area contributed by atoms with Gasteiger partial charge in [0.2, 0.25) is 0 Å². The maximum Gasteiger partial charge on any atom is 0.267 e. The predicted octanol–water partition coefficient (Wildman–Crippen LogP) is 0.981. The molecule has 7 nitrogen and oxygen atoms in total. The van der Waals surface area contributed by atoms with E-state index in [9.17, 15) is 4.79 Å². The lowest BCUT2D eigenvalue weighted by atomic mass is 9.96. The van der Waals surface area contributed by atoms with Gasteiger partial charge in [0.1, 0.15) is 12.4 Å². The summed E-state index contributed by atoms with van der Waals surface area (Å²) in [6, 6.07) is 1.82. The van der Waals surface area contributed by atoms with Crippen LogP contribution in [0.15, 0.2) is 17.1 Å². The van der Waals surface area contributed by atoms with Crippen LogP contribution in [0.2, 0.25) is 0 Å². The Hall–Kier alpha value is -1.99. The van der Waals surface area contributed by atoms with Crippen LogP contribution in [0.3, 0.4) is 0 Å². The van der Waals surface area contributed by atoms with Crippen molar-refractivity contribution in [1.82, 2.24) is 24.2 Å². The molecule has 26 heavy (non-hydrogen) atoms. The molecule has 0 saturated carbocycles. The number of fused-ring (bicyclic) bond motifs is 2. The van der Waals surface area contributed by atoms with E-state index >= 15 is 0 Å². The summed E-state index contributed by atoms with van der Waals surface area (Å²) in [6.45, 7) is 5.99. The van der Waals surface area contributed by atoms with Crippen LogP contribution < -0.4 is 5.56 Å².